The summed E-state index contributed by atoms with van der Waals surface area (Å²) >= 11 is 0. The predicted octanol–water partition coefficient (Wildman–Crippen LogP) is 2.32. The molecule has 0 aliphatic rings. The van der Waals surface area contributed by atoms with Crippen LogP contribution < -0.4 is 5.32 Å². The number of amides is 1. The van der Waals surface area contributed by atoms with Crippen LogP contribution in [0.5, 0.6) is 0 Å². The van der Waals surface area contributed by atoms with Crippen LogP contribution in [0.25, 0.3) is 0 Å². The molecule has 0 heterocycles. The van der Waals surface area contributed by atoms with E-state index >= 15 is 0 Å². The van der Waals surface area contributed by atoms with Crippen molar-refractivity contribution in [2.24, 2.45) is 0 Å². The number of aliphatic hydroxyl groups excluding tert-OH is 2. The number of halogens is 3. The summed E-state index contributed by atoms with van der Waals surface area (Å²) in [4.78, 5) is 22.3. The fourth-order valence-electron chi connectivity index (χ4n) is 2.01. The fraction of sp³-hybridized carbons (Fsp3) is 0.500. The van der Waals surface area contributed by atoms with E-state index in [-0.39, 0.29) is 0 Å². The molecular formula is C16H20F3NO6. The topological polar surface area (TPSA) is 116 Å². The van der Waals surface area contributed by atoms with Gasteiger partial charge in [0.2, 0.25) is 0 Å². The second-order valence-corrected chi connectivity index (χ2v) is 6.50. The molecule has 10 heteroatoms. The Balaban J connectivity index is 2.96. The van der Waals surface area contributed by atoms with Gasteiger partial charge in [-0.2, -0.15) is 13.2 Å². The number of alkyl carbamates (subject to hydrolysis) is 1. The Labute approximate surface area is 147 Å². The van der Waals surface area contributed by atoms with Gasteiger partial charge in [-0.25, -0.2) is 9.59 Å². The quantitative estimate of drug-likeness (QED) is 0.624. The van der Waals surface area contributed by atoms with Gasteiger partial charge in [0.15, 0.2) is 0 Å². The number of rotatable bonds is 5. The maximum atomic E-state index is 13.1. The standard InChI is InChI=1S/C16H20F3NO6/c1-15(2,3)26-14(25)20-7-11(21)12(22)9-5-4-8(13(23)24)6-10(9)16(17,18)19/h4-6,11-12,21-22H,7H2,1-3H3,(H,20,25)(H,23,24). The molecule has 0 aliphatic carbocycles. The van der Waals surface area contributed by atoms with E-state index in [1.165, 1.54) is 0 Å². The predicted molar refractivity (Wildman–Crippen MR) is 83.6 cm³/mol. The molecule has 0 bridgehead atoms. The average molecular weight is 379 g/mol. The molecule has 0 spiro atoms. The minimum absolute atomic E-state index is 0.370. The molecule has 1 aromatic carbocycles. The number of benzene rings is 1. The van der Waals surface area contributed by atoms with Crippen molar-refractivity contribution in [3.05, 3.63) is 34.9 Å². The third kappa shape index (κ3) is 6.19. The maximum Gasteiger partial charge on any atom is 0.416 e. The molecule has 0 aromatic heterocycles. The highest BCUT2D eigenvalue weighted by atomic mass is 19.4. The van der Waals surface area contributed by atoms with Crippen molar-refractivity contribution in [2.75, 3.05) is 6.54 Å². The van der Waals surface area contributed by atoms with Gasteiger partial charge in [0.25, 0.3) is 0 Å². The molecular weight excluding hydrogens is 359 g/mol. The molecule has 1 amide bonds. The molecule has 7 nitrogen and oxygen atoms in total. The van der Waals surface area contributed by atoms with Crippen molar-refractivity contribution in [3.63, 3.8) is 0 Å². The fourth-order valence-corrected chi connectivity index (χ4v) is 2.01. The number of carbonyl (C=O) groups is 2. The van der Waals surface area contributed by atoms with E-state index in [4.69, 9.17) is 9.84 Å². The van der Waals surface area contributed by atoms with Crippen molar-refractivity contribution >= 4 is 12.1 Å². The summed E-state index contributed by atoms with van der Waals surface area (Å²) in [6, 6.07) is 2.02. The highest BCUT2D eigenvalue weighted by Gasteiger charge is 2.37. The smallest absolute Gasteiger partial charge is 0.416 e. The van der Waals surface area contributed by atoms with Crippen molar-refractivity contribution < 1.29 is 42.8 Å². The summed E-state index contributed by atoms with van der Waals surface area (Å²) < 4.78 is 44.3. The number of nitrogens with one attached hydrogen (secondary N) is 1. The number of ether oxygens (including phenoxy) is 1. The average Bonchev–Trinajstić information content (AvgIpc) is 2.48. The van der Waals surface area contributed by atoms with E-state index in [1.807, 2.05) is 0 Å². The molecule has 1 rings (SSSR count). The van der Waals surface area contributed by atoms with Crippen molar-refractivity contribution in [2.45, 2.75) is 44.8 Å². The summed E-state index contributed by atoms with van der Waals surface area (Å²) in [6.07, 6.45) is -9.65. The number of alkyl halides is 3. The van der Waals surface area contributed by atoms with Gasteiger partial charge >= 0.3 is 18.2 Å². The highest BCUT2D eigenvalue weighted by molar-refractivity contribution is 5.88. The third-order valence-electron chi connectivity index (χ3n) is 3.14. The molecule has 2 atom stereocenters. The van der Waals surface area contributed by atoms with Crippen LogP contribution in [-0.2, 0) is 10.9 Å². The summed E-state index contributed by atoms with van der Waals surface area (Å²) in [7, 11) is 0. The van der Waals surface area contributed by atoms with E-state index in [1.54, 1.807) is 20.8 Å². The maximum absolute atomic E-state index is 13.1. The monoisotopic (exact) mass is 379 g/mol. The van der Waals surface area contributed by atoms with Crippen LogP contribution in [0.4, 0.5) is 18.0 Å². The molecule has 0 saturated heterocycles. The Morgan fingerprint density at radius 3 is 2.23 bits per heavy atom. The van der Waals surface area contributed by atoms with Gasteiger partial charge in [0, 0.05) is 6.54 Å². The van der Waals surface area contributed by atoms with Crippen molar-refractivity contribution in [3.8, 4) is 0 Å². The lowest BCUT2D eigenvalue weighted by Crippen LogP contribution is -2.39. The Morgan fingerprint density at radius 2 is 1.77 bits per heavy atom. The number of carbonyl (C=O) groups excluding carboxylic acids is 1. The van der Waals surface area contributed by atoms with Gasteiger partial charge in [0.1, 0.15) is 17.8 Å². The zero-order valence-electron chi connectivity index (χ0n) is 14.3. The van der Waals surface area contributed by atoms with E-state index in [2.05, 4.69) is 5.32 Å². The lowest BCUT2D eigenvalue weighted by Gasteiger charge is -2.24. The lowest BCUT2D eigenvalue weighted by molar-refractivity contribution is -0.139. The van der Waals surface area contributed by atoms with Crippen molar-refractivity contribution in [1.29, 1.82) is 0 Å². The number of hydrogen-bond acceptors (Lipinski definition) is 5. The Kier molecular flexibility index (Phi) is 6.61. The molecule has 0 saturated carbocycles. The summed E-state index contributed by atoms with van der Waals surface area (Å²) in [5.74, 6) is -1.57. The molecule has 146 valence electrons. The first-order valence-electron chi connectivity index (χ1n) is 7.50. The minimum atomic E-state index is -4.94. The van der Waals surface area contributed by atoms with Crippen LogP contribution in [0.1, 0.15) is 48.4 Å². The molecule has 0 radical (unpaired) electrons. The van der Waals surface area contributed by atoms with Crippen LogP contribution in [-0.4, -0.2) is 45.6 Å². The van der Waals surface area contributed by atoms with Crippen LogP contribution in [0.3, 0.4) is 0 Å². The van der Waals surface area contributed by atoms with Crippen molar-refractivity contribution in [1.82, 2.24) is 5.32 Å². The lowest BCUT2D eigenvalue weighted by atomic mass is 9.96. The first-order valence-corrected chi connectivity index (χ1v) is 7.50. The zero-order chi connectivity index (χ0) is 20.3. The van der Waals surface area contributed by atoms with Gasteiger partial charge in [-0.05, 0) is 38.5 Å². The van der Waals surface area contributed by atoms with E-state index < -0.39 is 59.3 Å². The second kappa shape index (κ2) is 7.92. The molecule has 1 aromatic rings. The molecule has 0 fully saturated rings. The van der Waals surface area contributed by atoms with Crippen LogP contribution in [0, 0.1) is 0 Å². The summed E-state index contributed by atoms with van der Waals surface area (Å²) in [5.41, 5.74) is -3.53. The molecule has 26 heavy (non-hydrogen) atoms. The SMILES string of the molecule is CC(C)(C)OC(=O)NCC(O)C(O)c1ccc(C(=O)O)cc1C(F)(F)F. The van der Waals surface area contributed by atoms with E-state index in [0.717, 1.165) is 12.1 Å². The van der Waals surface area contributed by atoms with Gasteiger partial charge in [-0.15, -0.1) is 0 Å². The zero-order valence-corrected chi connectivity index (χ0v) is 14.3. The first kappa shape index (κ1) is 21.7. The molecule has 2 unspecified atom stereocenters. The highest BCUT2D eigenvalue weighted by Crippen LogP contribution is 2.36. The van der Waals surface area contributed by atoms with Gasteiger partial charge in [-0.3, -0.25) is 0 Å². The molecule has 4 N–H and O–H groups in total. The Bertz CT molecular complexity index is 669. The number of carboxylic acid groups (broad SMARTS) is 1. The van der Waals surface area contributed by atoms with Gasteiger partial charge in [0.05, 0.1) is 11.1 Å². The van der Waals surface area contributed by atoms with E-state index in [9.17, 15) is 33.0 Å². The summed E-state index contributed by atoms with van der Waals surface area (Å²) in [5, 5.41) is 30.8. The molecule has 0 aliphatic heterocycles. The van der Waals surface area contributed by atoms with E-state index in [0.29, 0.717) is 6.07 Å². The number of hydrogen-bond donors (Lipinski definition) is 4. The number of carboxylic acids is 1. The van der Waals surface area contributed by atoms with Gasteiger partial charge < -0.3 is 25.4 Å². The normalized spacial score (nSPS) is 14.5. The largest absolute Gasteiger partial charge is 0.478 e. The van der Waals surface area contributed by atoms with Crippen LogP contribution in [0.2, 0.25) is 0 Å². The van der Waals surface area contributed by atoms with Gasteiger partial charge in [-0.1, -0.05) is 6.07 Å². The minimum Gasteiger partial charge on any atom is -0.478 e. The van der Waals surface area contributed by atoms with Crippen LogP contribution >= 0.6 is 0 Å². The number of aromatic carboxylic acids is 1. The summed E-state index contributed by atoms with van der Waals surface area (Å²) in [6.45, 7) is 4.21. The van der Waals surface area contributed by atoms with Crippen LogP contribution in [0.15, 0.2) is 18.2 Å². The Hall–Kier alpha value is -2.33. The number of aliphatic hydroxyl groups is 2. The Morgan fingerprint density at radius 1 is 1.19 bits per heavy atom. The third-order valence-corrected chi connectivity index (χ3v) is 3.14. The second-order valence-electron chi connectivity index (χ2n) is 6.50. The first-order chi connectivity index (χ1) is 11.7.